The molecule has 1 aromatic carbocycles. The number of ether oxygens (including phenoxy) is 3. The second-order valence-electron chi connectivity index (χ2n) is 5.55. The third-order valence-electron chi connectivity index (χ3n) is 3.81. The standard InChI is InChI=1S/C18H22N2O5/c1-4-13(2)25-18(22)24-12-23-17(21)16-10-19-11-20(16)14(3)15-8-6-5-7-9-15/h5-11,13-14H,4,12H2,1-3H3/t13-,14+/m0/s1. The van der Waals surface area contributed by atoms with Crippen LogP contribution in [0.25, 0.3) is 0 Å². The number of benzene rings is 1. The molecule has 0 saturated carbocycles. The molecule has 0 amide bonds. The molecule has 0 spiro atoms. The minimum Gasteiger partial charge on any atom is -0.431 e. The van der Waals surface area contributed by atoms with Crippen LogP contribution < -0.4 is 0 Å². The molecule has 1 heterocycles. The van der Waals surface area contributed by atoms with E-state index < -0.39 is 18.9 Å². The number of hydrogen-bond donors (Lipinski definition) is 0. The number of carbonyl (C=O) groups is 2. The van der Waals surface area contributed by atoms with E-state index in [1.807, 2.05) is 44.2 Å². The maximum atomic E-state index is 12.2. The fraction of sp³-hybridized carbons (Fsp3) is 0.389. The predicted molar refractivity (Wildman–Crippen MR) is 90.1 cm³/mol. The number of carbonyl (C=O) groups excluding carboxylic acids is 2. The largest absolute Gasteiger partial charge is 0.511 e. The summed E-state index contributed by atoms with van der Waals surface area (Å²) in [6.07, 6.45) is 2.53. The fourth-order valence-corrected chi connectivity index (χ4v) is 2.15. The quantitative estimate of drug-likeness (QED) is 0.563. The predicted octanol–water partition coefficient (Wildman–Crippen LogP) is 3.56. The highest BCUT2D eigenvalue weighted by atomic mass is 16.8. The van der Waals surface area contributed by atoms with Gasteiger partial charge in [0.1, 0.15) is 11.8 Å². The van der Waals surface area contributed by atoms with E-state index in [2.05, 4.69) is 4.98 Å². The molecule has 2 atom stereocenters. The third-order valence-corrected chi connectivity index (χ3v) is 3.81. The lowest BCUT2D eigenvalue weighted by Gasteiger charge is -2.16. The summed E-state index contributed by atoms with van der Waals surface area (Å²) in [5, 5.41) is 0. The molecule has 25 heavy (non-hydrogen) atoms. The van der Waals surface area contributed by atoms with E-state index in [1.54, 1.807) is 17.8 Å². The van der Waals surface area contributed by atoms with E-state index in [0.717, 1.165) is 5.56 Å². The van der Waals surface area contributed by atoms with Crippen molar-refractivity contribution in [2.45, 2.75) is 39.3 Å². The highest BCUT2D eigenvalue weighted by Gasteiger charge is 2.19. The molecule has 7 heteroatoms. The van der Waals surface area contributed by atoms with Crippen LogP contribution in [0.2, 0.25) is 0 Å². The number of imidazole rings is 1. The summed E-state index contributed by atoms with van der Waals surface area (Å²) in [5.41, 5.74) is 1.30. The van der Waals surface area contributed by atoms with E-state index in [0.29, 0.717) is 6.42 Å². The zero-order chi connectivity index (χ0) is 18.2. The Balaban J connectivity index is 1.93. The van der Waals surface area contributed by atoms with Crippen molar-refractivity contribution in [3.63, 3.8) is 0 Å². The van der Waals surface area contributed by atoms with Gasteiger partial charge in [-0.25, -0.2) is 14.6 Å². The van der Waals surface area contributed by atoms with Gasteiger partial charge in [0.05, 0.1) is 18.6 Å². The normalized spacial score (nSPS) is 12.9. The summed E-state index contributed by atoms with van der Waals surface area (Å²) in [6.45, 7) is 5.07. The fourth-order valence-electron chi connectivity index (χ4n) is 2.15. The molecule has 0 N–H and O–H groups in total. The van der Waals surface area contributed by atoms with E-state index in [4.69, 9.17) is 14.2 Å². The van der Waals surface area contributed by atoms with Gasteiger partial charge in [0.15, 0.2) is 0 Å². The minimum absolute atomic E-state index is 0.0949. The molecule has 0 unspecified atom stereocenters. The van der Waals surface area contributed by atoms with Crippen LogP contribution in [-0.4, -0.2) is 34.6 Å². The number of esters is 1. The minimum atomic E-state index is -0.867. The molecule has 0 fully saturated rings. The molecule has 1 aromatic heterocycles. The van der Waals surface area contributed by atoms with Gasteiger partial charge >= 0.3 is 12.1 Å². The molecule has 0 saturated heterocycles. The Morgan fingerprint density at radius 1 is 1.16 bits per heavy atom. The van der Waals surface area contributed by atoms with Crippen molar-refractivity contribution >= 4 is 12.1 Å². The molecule has 2 aromatic rings. The monoisotopic (exact) mass is 346 g/mol. The van der Waals surface area contributed by atoms with Crippen molar-refractivity contribution in [2.75, 3.05) is 6.79 Å². The van der Waals surface area contributed by atoms with Gasteiger partial charge < -0.3 is 18.8 Å². The summed E-state index contributed by atoms with van der Waals surface area (Å²) in [6, 6.07) is 9.62. The van der Waals surface area contributed by atoms with Crippen molar-refractivity contribution < 1.29 is 23.8 Å². The van der Waals surface area contributed by atoms with Gasteiger partial charge in [-0.2, -0.15) is 0 Å². The molecular formula is C18H22N2O5. The Morgan fingerprint density at radius 3 is 2.56 bits per heavy atom. The third kappa shape index (κ3) is 5.07. The second-order valence-corrected chi connectivity index (χ2v) is 5.55. The number of hydrogen-bond acceptors (Lipinski definition) is 6. The van der Waals surface area contributed by atoms with E-state index in [9.17, 15) is 9.59 Å². The first-order valence-electron chi connectivity index (χ1n) is 8.10. The van der Waals surface area contributed by atoms with Crippen LogP contribution >= 0.6 is 0 Å². The average molecular weight is 346 g/mol. The summed E-state index contributed by atoms with van der Waals surface area (Å²) in [5.74, 6) is -0.628. The average Bonchev–Trinajstić information content (AvgIpc) is 3.11. The van der Waals surface area contributed by atoms with Crippen molar-refractivity contribution in [1.82, 2.24) is 9.55 Å². The first-order chi connectivity index (χ1) is 12.0. The number of aromatic nitrogens is 2. The SMILES string of the molecule is CC[C@H](C)OC(=O)OCOC(=O)c1cncn1[C@H](C)c1ccccc1. The van der Waals surface area contributed by atoms with Crippen LogP contribution in [0.5, 0.6) is 0 Å². The number of rotatable bonds is 7. The highest BCUT2D eigenvalue weighted by molar-refractivity contribution is 5.87. The van der Waals surface area contributed by atoms with Crippen molar-refractivity contribution in [3.05, 3.63) is 54.1 Å². The molecule has 0 aliphatic rings. The Bertz CT molecular complexity index is 699. The zero-order valence-corrected chi connectivity index (χ0v) is 14.5. The van der Waals surface area contributed by atoms with Crippen LogP contribution in [0, 0.1) is 0 Å². The van der Waals surface area contributed by atoms with Crippen molar-refractivity contribution in [3.8, 4) is 0 Å². The smallest absolute Gasteiger partial charge is 0.431 e. The van der Waals surface area contributed by atoms with E-state index in [-0.39, 0.29) is 17.8 Å². The molecule has 0 aliphatic carbocycles. The highest BCUT2D eigenvalue weighted by Crippen LogP contribution is 2.19. The van der Waals surface area contributed by atoms with Gasteiger partial charge in [0.25, 0.3) is 0 Å². The molecule has 0 radical (unpaired) electrons. The van der Waals surface area contributed by atoms with Crippen molar-refractivity contribution in [1.29, 1.82) is 0 Å². The van der Waals surface area contributed by atoms with Crippen LogP contribution in [0.3, 0.4) is 0 Å². The Hall–Kier alpha value is -2.83. The van der Waals surface area contributed by atoms with Crippen LogP contribution in [0.4, 0.5) is 4.79 Å². The zero-order valence-electron chi connectivity index (χ0n) is 14.5. The van der Waals surface area contributed by atoms with Crippen LogP contribution in [0.15, 0.2) is 42.9 Å². The van der Waals surface area contributed by atoms with Gasteiger partial charge in [-0.15, -0.1) is 0 Å². The molecule has 2 rings (SSSR count). The molecule has 0 bridgehead atoms. The topological polar surface area (TPSA) is 79.7 Å². The van der Waals surface area contributed by atoms with Gasteiger partial charge in [0, 0.05) is 0 Å². The maximum Gasteiger partial charge on any atom is 0.511 e. The van der Waals surface area contributed by atoms with Crippen LogP contribution in [-0.2, 0) is 14.2 Å². The lowest BCUT2D eigenvalue weighted by atomic mass is 10.1. The Labute approximate surface area is 146 Å². The summed E-state index contributed by atoms with van der Waals surface area (Å²) in [4.78, 5) is 27.6. The van der Waals surface area contributed by atoms with Gasteiger partial charge in [-0.05, 0) is 25.8 Å². The summed E-state index contributed by atoms with van der Waals surface area (Å²) < 4.78 is 16.3. The van der Waals surface area contributed by atoms with E-state index in [1.165, 1.54) is 6.20 Å². The molecule has 134 valence electrons. The summed E-state index contributed by atoms with van der Waals surface area (Å²) in [7, 11) is 0. The molecule has 7 nitrogen and oxygen atoms in total. The van der Waals surface area contributed by atoms with Gasteiger partial charge in [-0.3, -0.25) is 0 Å². The second kappa shape index (κ2) is 8.86. The lowest BCUT2D eigenvalue weighted by molar-refractivity contribution is -0.0373. The Kier molecular flexibility index (Phi) is 6.56. The maximum absolute atomic E-state index is 12.2. The van der Waals surface area contributed by atoms with Crippen LogP contribution in [0.1, 0.15) is 49.3 Å². The molecule has 0 aliphatic heterocycles. The first-order valence-corrected chi connectivity index (χ1v) is 8.10. The lowest BCUT2D eigenvalue weighted by Crippen LogP contribution is -2.20. The summed E-state index contributed by atoms with van der Waals surface area (Å²) >= 11 is 0. The van der Waals surface area contributed by atoms with E-state index >= 15 is 0 Å². The molecular weight excluding hydrogens is 324 g/mol. The van der Waals surface area contributed by atoms with Gasteiger partial charge in [0.2, 0.25) is 6.79 Å². The Morgan fingerprint density at radius 2 is 1.88 bits per heavy atom. The van der Waals surface area contributed by atoms with Crippen molar-refractivity contribution in [2.24, 2.45) is 0 Å². The number of nitrogens with zero attached hydrogens (tertiary/aromatic N) is 2. The van der Waals surface area contributed by atoms with Gasteiger partial charge in [-0.1, -0.05) is 37.3 Å². The first kappa shape index (κ1) is 18.5.